The van der Waals surface area contributed by atoms with E-state index >= 15 is 0 Å². The van der Waals surface area contributed by atoms with E-state index in [1.165, 1.54) is 0 Å². The summed E-state index contributed by atoms with van der Waals surface area (Å²) in [6, 6.07) is 5.36. The lowest BCUT2D eigenvalue weighted by atomic mass is 9.91. The Morgan fingerprint density at radius 2 is 2.05 bits per heavy atom. The first-order valence-corrected chi connectivity index (χ1v) is 7.10. The number of nitrogens with zero attached hydrogens (tertiary/aromatic N) is 1. The van der Waals surface area contributed by atoms with Crippen LogP contribution in [-0.4, -0.2) is 35.1 Å². The van der Waals surface area contributed by atoms with Crippen LogP contribution in [0.4, 0.5) is 0 Å². The van der Waals surface area contributed by atoms with Crippen molar-refractivity contribution < 1.29 is 9.90 Å². The van der Waals surface area contributed by atoms with Crippen LogP contribution in [0.3, 0.4) is 0 Å². The number of aliphatic hydroxyl groups is 1. The zero-order valence-corrected chi connectivity index (χ0v) is 12.2. The van der Waals surface area contributed by atoms with Crippen LogP contribution in [-0.2, 0) is 0 Å². The smallest absolute Gasteiger partial charge is 0.255 e. The summed E-state index contributed by atoms with van der Waals surface area (Å²) in [6.07, 6.45) is 3.29. The van der Waals surface area contributed by atoms with Crippen molar-refractivity contribution in [1.82, 2.24) is 4.90 Å². The lowest BCUT2D eigenvalue weighted by Gasteiger charge is -2.35. The fraction of sp³-hybridized carbons (Fsp3) is 0.533. The minimum Gasteiger partial charge on any atom is -0.391 e. The molecule has 0 saturated heterocycles. The zero-order chi connectivity index (χ0) is 14.0. The molecule has 1 aromatic rings. The number of carbonyl (C=O) groups is 1. The minimum atomic E-state index is -0.425. The largest absolute Gasteiger partial charge is 0.391 e. The van der Waals surface area contributed by atoms with Gasteiger partial charge in [-0.1, -0.05) is 36.6 Å². The van der Waals surface area contributed by atoms with E-state index in [1.54, 1.807) is 18.0 Å². The van der Waals surface area contributed by atoms with Crippen LogP contribution in [0.25, 0.3) is 0 Å². The fourth-order valence-electron chi connectivity index (χ4n) is 2.70. The Balaban J connectivity index is 2.21. The average Bonchev–Trinajstić information content (AvgIpc) is 2.41. The summed E-state index contributed by atoms with van der Waals surface area (Å²) in [5, 5.41) is 10.5. The molecule has 1 aromatic carbocycles. The molecule has 2 atom stereocenters. The monoisotopic (exact) mass is 281 g/mol. The predicted octanol–water partition coefficient (Wildman–Crippen LogP) is 3.02. The van der Waals surface area contributed by atoms with E-state index in [1.807, 2.05) is 19.1 Å². The van der Waals surface area contributed by atoms with Gasteiger partial charge in [0.15, 0.2) is 0 Å². The van der Waals surface area contributed by atoms with Gasteiger partial charge in [-0.05, 0) is 31.4 Å². The number of rotatable bonds is 2. The van der Waals surface area contributed by atoms with Crippen molar-refractivity contribution in [3.63, 3.8) is 0 Å². The molecule has 1 N–H and O–H groups in total. The van der Waals surface area contributed by atoms with E-state index in [0.717, 1.165) is 31.2 Å². The van der Waals surface area contributed by atoms with Crippen molar-refractivity contribution in [2.24, 2.45) is 0 Å². The molecule has 104 valence electrons. The normalized spacial score (nSPS) is 23.2. The molecule has 1 aliphatic rings. The molecule has 19 heavy (non-hydrogen) atoms. The molecule has 1 aliphatic carbocycles. The molecule has 1 saturated carbocycles. The summed E-state index contributed by atoms with van der Waals surface area (Å²) in [4.78, 5) is 14.1. The van der Waals surface area contributed by atoms with E-state index in [-0.39, 0.29) is 11.9 Å². The Morgan fingerprint density at radius 3 is 2.74 bits per heavy atom. The quantitative estimate of drug-likeness (QED) is 0.905. The molecule has 2 unspecified atom stereocenters. The summed E-state index contributed by atoms with van der Waals surface area (Å²) in [5.41, 5.74) is 1.41. The second-order valence-corrected chi connectivity index (χ2v) is 5.65. The summed E-state index contributed by atoms with van der Waals surface area (Å²) in [7, 11) is 1.75. The second kappa shape index (κ2) is 5.93. The van der Waals surface area contributed by atoms with E-state index < -0.39 is 6.10 Å². The summed E-state index contributed by atoms with van der Waals surface area (Å²) >= 11 is 6.20. The van der Waals surface area contributed by atoms with Crippen molar-refractivity contribution in [3.05, 3.63) is 34.3 Å². The summed E-state index contributed by atoms with van der Waals surface area (Å²) < 4.78 is 0. The number of halogens is 1. The Kier molecular flexibility index (Phi) is 4.48. The maximum Gasteiger partial charge on any atom is 0.255 e. The van der Waals surface area contributed by atoms with Crippen LogP contribution in [0.2, 0.25) is 5.02 Å². The van der Waals surface area contributed by atoms with Gasteiger partial charge in [-0.25, -0.2) is 0 Å². The molecule has 0 radical (unpaired) electrons. The molecule has 3 nitrogen and oxygen atoms in total. The maximum absolute atomic E-state index is 12.5. The number of carbonyl (C=O) groups excluding carboxylic acids is 1. The third-order valence-corrected chi connectivity index (χ3v) is 4.44. The first-order valence-electron chi connectivity index (χ1n) is 6.72. The van der Waals surface area contributed by atoms with Crippen LogP contribution in [0.1, 0.15) is 41.6 Å². The number of aliphatic hydroxyl groups excluding tert-OH is 1. The Hall–Kier alpha value is -1.06. The maximum atomic E-state index is 12.5. The van der Waals surface area contributed by atoms with Gasteiger partial charge >= 0.3 is 0 Å². The topological polar surface area (TPSA) is 40.5 Å². The lowest BCUT2D eigenvalue weighted by Crippen LogP contribution is -2.46. The number of hydrogen-bond acceptors (Lipinski definition) is 2. The molecule has 1 fully saturated rings. The second-order valence-electron chi connectivity index (χ2n) is 5.27. The summed E-state index contributed by atoms with van der Waals surface area (Å²) in [5.74, 6) is -0.111. The lowest BCUT2D eigenvalue weighted by molar-refractivity contribution is 0.0268. The van der Waals surface area contributed by atoms with Gasteiger partial charge in [-0.15, -0.1) is 0 Å². The number of amides is 1. The van der Waals surface area contributed by atoms with Crippen molar-refractivity contribution in [2.75, 3.05) is 7.05 Å². The van der Waals surface area contributed by atoms with Gasteiger partial charge in [0.25, 0.3) is 5.91 Å². The molecule has 0 heterocycles. The highest BCUT2D eigenvalue weighted by Crippen LogP contribution is 2.26. The van der Waals surface area contributed by atoms with Crippen LogP contribution < -0.4 is 0 Å². The van der Waals surface area contributed by atoms with Gasteiger partial charge in [-0.3, -0.25) is 4.79 Å². The molecule has 1 amide bonds. The third kappa shape index (κ3) is 2.93. The molecule has 2 rings (SSSR count). The van der Waals surface area contributed by atoms with E-state index in [0.29, 0.717) is 10.6 Å². The van der Waals surface area contributed by atoms with Crippen molar-refractivity contribution in [2.45, 2.75) is 44.8 Å². The number of hydrogen-bond donors (Lipinski definition) is 1. The average molecular weight is 282 g/mol. The van der Waals surface area contributed by atoms with Crippen molar-refractivity contribution in [1.29, 1.82) is 0 Å². The Labute approximate surface area is 119 Å². The molecule has 4 heteroatoms. The molecular weight excluding hydrogens is 262 g/mol. The van der Waals surface area contributed by atoms with Crippen molar-refractivity contribution >= 4 is 17.5 Å². The molecule has 0 spiro atoms. The highest BCUT2D eigenvalue weighted by atomic mass is 35.5. The number of likely N-dealkylation sites (N-methyl/N-ethyl adjacent to an activating group) is 1. The SMILES string of the molecule is Cc1cccc(C(=O)N(C)C2CCCCC2O)c1Cl. The Bertz CT molecular complexity index is 475. The van der Waals surface area contributed by atoms with Gasteiger partial charge in [0, 0.05) is 7.05 Å². The fourth-order valence-corrected chi connectivity index (χ4v) is 2.90. The van der Waals surface area contributed by atoms with Crippen LogP contribution in [0.15, 0.2) is 18.2 Å². The van der Waals surface area contributed by atoms with Gasteiger partial charge in [0.05, 0.1) is 22.7 Å². The third-order valence-electron chi connectivity index (χ3n) is 3.93. The van der Waals surface area contributed by atoms with E-state index in [2.05, 4.69) is 0 Å². The molecule has 0 aromatic heterocycles. The first kappa shape index (κ1) is 14.4. The van der Waals surface area contributed by atoms with Gasteiger partial charge < -0.3 is 10.0 Å². The van der Waals surface area contributed by atoms with Crippen LogP contribution in [0, 0.1) is 6.92 Å². The molecule has 0 bridgehead atoms. The highest BCUT2D eigenvalue weighted by molar-refractivity contribution is 6.34. The zero-order valence-electron chi connectivity index (χ0n) is 11.4. The van der Waals surface area contributed by atoms with Gasteiger partial charge in [-0.2, -0.15) is 0 Å². The van der Waals surface area contributed by atoms with E-state index in [4.69, 9.17) is 11.6 Å². The molecule has 0 aliphatic heterocycles. The van der Waals surface area contributed by atoms with Gasteiger partial charge in [0.1, 0.15) is 0 Å². The van der Waals surface area contributed by atoms with Gasteiger partial charge in [0.2, 0.25) is 0 Å². The van der Waals surface area contributed by atoms with Crippen LogP contribution >= 0.6 is 11.6 Å². The van der Waals surface area contributed by atoms with E-state index in [9.17, 15) is 9.90 Å². The van der Waals surface area contributed by atoms with Crippen LogP contribution in [0.5, 0.6) is 0 Å². The number of benzene rings is 1. The number of aryl methyl sites for hydroxylation is 1. The predicted molar refractivity (Wildman–Crippen MR) is 76.5 cm³/mol. The Morgan fingerprint density at radius 1 is 1.37 bits per heavy atom. The highest BCUT2D eigenvalue weighted by Gasteiger charge is 2.30. The first-order chi connectivity index (χ1) is 9.02. The van der Waals surface area contributed by atoms with Crippen molar-refractivity contribution in [3.8, 4) is 0 Å². The standard InChI is InChI=1S/C15H20ClNO2/c1-10-6-5-7-11(14(10)16)15(19)17(2)12-8-3-4-9-13(12)18/h5-7,12-13,18H,3-4,8-9H2,1-2H3. The molecular formula is C15H20ClNO2. The summed E-state index contributed by atoms with van der Waals surface area (Å²) in [6.45, 7) is 1.88. The minimum absolute atomic E-state index is 0.0992.